The Balaban J connectivity index is 1.50. The maximum atomic E-state index is 15.0. The maximum Gasteiger partial charge on any atom is 0.417 e. The fourth-order valence-corrected chi connectivity index (χ4v) is 6.81. The average molecular weight is 788 g/mol. The Hall–Kier alpha value is -5.88. The second-order valence-electron chi connectivity index (χ2n) is 12.3. The van der Waals surface area contributed by atoms with Crippen molar-refractivity contribution in [3.63, 3.8) is 0 Å². The van der Waals surface area contributed by atoms with Gasteiger partial charge in [0, 0.05) is 19.3 Å². The first-order chi connectivity index (χ1) is 25.4. The van der Waals surface area contributed by atoms with E-state index in [1.54, 1.807) is 0 Å². The van der Waals surface area contributed by atoms with Gasteiger partial charge >= 0.3 is 24.7 Å². The Bertz CT molecular complexity index is 2300. The van der Waals surface area contributed by atoms with E-state index >= 15 is 26.3 Å². The minimum Gasteiger partial charge on any atom is -0.388 e. The number of fused-ring (bicyclic) bond motifs is 2. The molecule has 0 spiro atoms. The Kier molecular flexibility index (Phi) is 8.89. The van der Waals surface area contributed by atoms with Crippen molar-refractivity contribution in [1.29, 1.82) is 0 Å². The van der Waals surface area contributed by atoms with Crippen LogP contribution in [0.3, 0.4) is 0 Å². The number of rotatable bonds is 6. The van der Waals surface area contributed by atoms with Crippen molar-refractivity contribution in [2.75, 3.05) is 23.8 Å². The third kappa shape index (κ3) is 5.86. The molecule has 2 aliphatic rings. The summed E-state index contributed by atoms with van der Waals surface area (Å²) in [6.45, 7) is 1.09. The van der Waals surface area contributed by atoms with Gasteiger partial charge in [-0.25, -0.2) is 4.90 Å². The number of nitrogens with one attached hydrogen (secondary N) is 1. The van der Waals surface area contributed by atoms with E-state index in [0.717, 1.165) is 12.1 Å². The van der Waals surface area contributed by atoms with E-state index in [4.69, 9.17) is 0 Å². The van der Waals surface area contributed by atoms with Gasteiger partial charge in [-0.05, 0) is 77.7 Å². The van der Waals surface area contributed by atoms with Crippen molar-refractivity contribution in [3.05, 3.63) is 117 Å². The highest BCUT2D eigenvalue weighted by molar-refractivity contribution is 6.34. The van der Waals surface area contributed by atoms with Crippen LogP contribution < -0.4 is 10.2 Å². The number of halogens is 12. The summed E-state index contributed by atoms with van der Waals surface area (Å²) in [6.07, 6.45) is -23.1. The lowest BCUT2D eigenvalue weighted by atomic mass is 9.71. The van der Waals surface area contributed by atoms with Gasteiger partial charge in [-0.3, -0.25) is 24.1 Å². The summed E-state index contributed by atoms with van der Waals surface area (Å²) in [7, 11) is 1.26. The zero-order valence-electron chi connectivity index (χ0n) is 27.7. The van der Waals surface area contributed by atoms with Crippen LogP contribution in [0.15, 0.2) is 72.8 Å². The molecule has 288 valence electrons. The molecule has 4 amide bonds. The molecule has 4 aromatic carbocycles. The number of anilines is 2. The van der Waals surface area contributed by atoms with Gasteiger partial charge in [-0.15, -0.1) is 0 Å². The number of hydrogen-bond donors (Lipinski definition) is 1. The van der Waals surface area contributed by atoms with E-state index in [9.17, 15) is 45.5 Å². The smallest absolute Gasteiger partial charge is 0.388 e. The molecule has 0 saturated heterocycles. The summed E-state index contributed by atoms with van der Waals surface area (Å²) in [6, 6.07) is 5.72. The van der Waals surface area contributed by atoms with Crippen LogP contribution in [-0.2, 0) is 17.8 Å². The number of benzene rings is 4. The first kappa shape index (κ1) is 38.8. The lowest BCUT2D eigenvalue weighted by molar-refractivity contribution is -0.288. The fourth-order valence-electron chi connectivity index (χ4n) is 6.81. The summed E-state index contributed by atoms with van der Waals surface area (Å²) in [4.78, 5) is 52.9. The molecule has 0 fully saturated rings. The summed E-state index contributed by atoms with van der Waals surface area (Å²) in [5.41, 5.74) is -17.6. The Labute approximate surface area is 301 Å². The highest BCUT2D eigenvalue weighted by Crippen LogP contribution is 2.57. The molecule has 4 aromatic rings. The fraction of sp³-hybridized carbons (Fsp3) is 0.222. The van der Waals surface area contributed by atoms with Crippen LogP contribution in [0.5, 0.6) is 0 Å². The van der Waals surface area contributed by atoms with Crippen LogP contribution in [0.1, 0.15) is 70.6 Å². The van der Waals surface area contributed by atoms with Crippen LogP contribution in [-0.4, -0.2) is 54.5 Å². The molecule has 2 aliphatic heterocycles. The largest absolute Gasteiger partial charge is 0.417 e. The summed E-state index contributed by atoms with van der Waals surface area (Å²) < 4.78 is 175. The lowest BCUT2D eigenvalue weighted by Gasteiger charge is -2.38. The van der Waals surface area contributed by atoms with Gasteiger partial charge in [0.2, 0.25) is 5.41 Å². The summed E-state index contributed by atoms with van der Waals surface area (Å²) in [5.74, 6) is -5.24. The van der Waals surface area contributed by atoms with Gasteiger partial charge in [0.05, 0.1) is 39.1 Å². The van der Waals surface area contributed by atoms with Crippen molar-refractivity contribution >= 4 is 35.0 Å². The van der Waals surface area contributed by atoms with E-state index in [1.807, 2.05) is 0 Å². The van der Waals surface area contributed by atoms with Crippen LogP contribution in [0.25, 0.3) is 11.1 Å². The number of carbonyl (C=O) groups is 4. The molecule has 2 heterocycles. The van der Waals surface area contributed by atoms with Crippen LogP contribution in [0, 0.1) is 0 Å². The van der Waals surface area contributed by atoms with E-state index in [1.165, 1.54) is 14.0 Å². The van der Waals surface area contributed by atoms with Gasteiger partial charge in [-0.2, -0.15) is 52.7 Å². The molecule has 0 aliphatic carbocycles. The van der Waals surface area contributed by atoms with E-state index in [-0.39, 0.29) is 41.4 Å². The third-order valence-electron chi connectivity index (χ3n) is 9.36. The third-order valence-corrected chi connectivity index (χ3v) is 9.36. The summed E-state index contributed by atoms with van der Waals surface area (Å²) >= 11 is 0. The molecule has 7 nitrogen and oxygen atoms in total. The molecule has 55 heavy (non-hydrogen) atoms. The van der Waals surface area contributed by atoms with Gasteiger partial charge < -0.3 is 5.32 Å². The first-order valence-corrected chi connectivity index (χ1v) is 15.7. The van der Waals surface area contributed by atoms with Crippen LogP contribution in [0.4, 0.5) is 64.1 Å². The van der Waals surface area contributed by atoms with Crippen LogP contribution in [0.2, 0.25) is 0 Å². The zero-order valence-corrected chi connectivity index (χ0v) is 27.7. The molecular formula is C36H21F12N3O4. The average Bonchev–Trinajstić information content (AvgIpc) is 3.48. The van der Waals surface area contributed by atoms with Gasteiger partial charge in [0.1, 0.15) is 0 Å². The van der Waals surface area contributed by atoms with Crippen molar-refractivity contribution in [3.8, 4) is 11.1 Å². The lowest BCUT2D eigenvalue weighted by Crippen LogP contribution is -2.55. The number of alkyl halides is 12. The molecule has 6 rings (SSSR count). The quantitative estimate of drug-likeness (QED) is 0.156. The molecule has 19 heteroatoms. The number of imide groups is 2. The molecule has 0 radical (unpaired) electrons. The summed E-state index contributed by atoms with van der Waals surface area (Å²) in [5, 5.41) is 2.43. The number of carbonyl (C=O) groups excluding carboxylic acids is 4. The van der Waals surface area contributed by atoms with E-state index in [2.05, 4.69) is 5.32 Å². The Morgan fingerprint density at radius 3 is 1.40 bits per heavy atom. The predicted molar refractivity (Wildman–Crippen MR) is 169 cm³/mol. The molecule has 0 unspecified atom stereocenters. The SMILES string of the molecule is CCN1C(=O)c2ccc(C(c3ccc4c(c3)C(=O)N(c3ccc(-c5ccc(NC)cc5C(F)(F)F)c(C(F)(F)F)c3)C4=O)(C(F)(F)F)C(F)(F)F)cc2C1=O. The molecule has 0 bridgehead atoms. The standard InChI is InChI=1S/C36H21F12N3O4/c1-3-50-28(52)22-8-4-16(12-24(22)29(50)53)32(35(43,44)45,36(46,47)48)17-5-9-23-25(13-17)31(55)51(30(23)54)19-7-11-21(27(15-19)34(40,41)42)20-10-6-18(49-2)14-26(20)33(37,38)39/h4-15,49H,3H2,1-2H3. The van der Waals surface area contributed by atoms with Crippen molar-refractivity contribution in [2.45, 2.75) is 37.0 Å². The normalized spacial score (nSPS) is 15.2. The Morgan fingerprint density at radius 2 is 0.927 bits per heavy atom. The highest BCUT2D eigenvalue weighted by atomic mass is 19.4. The van der Waals surface area contributed by atoms with Crippen LogP contribution >= 0.6 is 0 Å². The molecule has 0 aromatic heterocycles. The molecular weight excluding hydrogens is 766 g/mol. The van der Waals surface area contributed by atoms with Gasteiger partial charge in [0.25, 0.3) is 23.6 Å². The van der Waals surface area contributed by atoms with E-state index in [0.29, 0.717) is 41.3 Å². The van der Waals surface area contributed by atoms with E-state index < -0.39 is 115 Å². The molecule has 1 N–H and O–H groups in total. The second-order valence-corrected chi connectivity index (χ2v) is 12.3. The van der Waals surface area contributed by atoms with Gasteiger partial charge in [0.15, 0.2) is 0 Å². The van der Waals surface area contributed by atoms with Crippen molar-refractivity contribution in [1.82, 2.24) is 4.90 Å². The number of amides is 4. The monoisotopic (exact) mass is 787 g/mol. The minimum atomic E-state index is -6.27. The highest BCUT2D eigenvalue weighted by Gasteiger charge is 2.73. The first-order valence-electron chi connectivity index (χ1n) is 15.7. The molecule has 0 atom stereocenters. The molecule has 0 saturated carbocycles. The second kappa shape index (κ2) is 12.6. The number of nitrogens with zero attached hydrogens (tertiary/aromatic N) is 2. The van der Waals surface area contributed by atoms with Gasteiger partial charge in [-0.1, -0.05) is 24.3 Å². The Morgan fingerprint density at radius 1 is 0.509 bits per heavy atom. The van der Waals surface area contributed by atoms with Crippen molar-refractivity contribution in [2.24, 2.45) is 0 Å². The predicted octanol–water partition coefficient (Wildman–Crippen LogP) is 9.26. The maximum absolute atomic E-state index is 15.0. The minimum absolute atomic E-state index is 0.0318. The van der Waals surface area contributed by atoms with Crippen molar-refractivity contribution < 1.29 is 71.9 Å². The topological polar surface area (TPSA) is 86.8 Å². The number of hydrogen-bond acceptors (Lipinski definition) is 5. The zero-order chi connectivity index (χ0) is 40.8.